The quantitative estimate of drug-likeness (QED) is 0.0459. The maximum atomic E-state index is 13.6. The maximum Gasteiger partial charge on any atom is 0.329 e. The van der Waals surface area contributed by atoms with Crippen LogP contribution in [0.2, 0.25) is 0 Å². The third-order valence-electron chi connectivity index (χ3n) is 12.3. The predicted octanol–water partition coefficient (Wildman–Crippen LogP) is 5.95. The van der Waals surface area contributed by atoms with Gasteiger partial charge in [-0.2, -0.15) is 4.98 Å². The lowest BCUT2D eigenvalue weighted by Gasteiger charge is -2.35. The highest BCUT2D eigenvalue weighted by atomic mass is 79.9. The van der Waals surface area contributed by atoms with E-state index < -0.39 is 19.1 Å². The second-order valence-corrected chi connectivity index (χ2v) is 21.2. The number of aryl methyl sites for hydroxylation is 3. The van der Waals surface area contributed by atoms with Crippen molar-refractivity contribution in [3.63, 3.8) is 0 Å². The summed E-state index contributed by atoms with van der Waals surface area (Å²) in [4.78, 5) is 67.2. The zero-order chi connectivity index (χ0) is 46.9. The van der Waals surface area contributed by atoms with Crippen molar-refractivity contribution in [3.05, 3.63) is 92.6 Å². The Hall–Kier alpha value is -6.10. The second kappa shape index (κ2) is 19.4. The smallest absolute Gasteiger partial charge is 0.329 e. The Kier molecular flexibility index (Phi) is 13.6. The summed E-state index contributed by atoms with van der Waals surface area (Å²) in [5, 5.41) is 17.3. The van der Waals surface area contributed by atoms with Crippen molar-refractivity contribution >= 4 is 96.9 Å². The van der Waals surface area contributed by atoms with Gasteiger partial charge in [-0.25, -0.2) is 9.78 Å². The first-order chi connectivity index (χ1) is 31.6. The minimum Gasteiger partial charge on any atom is -0.494 e. The average molecular weight is 981 g/mol. The summed E-state index contributed by atoms with van der Waals surface area (Å²) in [5.74, 6) is 0.508. The van der Waals surface area contributed by atoms with Gasteiger partial charge in [0.05, 0.1) is 45.9 Å². The summed E-state index contributed by atoms with van der Waals surface area (Å²) in [7, 11) is 0.535. The number of nitrogens with zero attached hydrogens (tertiary/aromatic N) is 6. The summed E-state index contributed by atoms with van der Waals surface area (Å²) in [6, 6.07) is 16.7. The van der Waals surface area contributed by atoms with Gasteiger partial charge in [0.15, 0.2) is 0 Å². The molecule has 2 fully saturated rings. The molecule has 17 nitrogen and oxygen atoms in total. The van der Waals surface area contributed by atoms with Crippen LogP contribution < -0.4 is 47.2 Å². The van der Waals surface area contributed by atoms with Crippen LogP contribution in [0.15, 0.2) is 70.1 Å². The monoisotopic (exact) mass is 979 g/mol. The molecule has 5 N–H and O–H groups in total. The van der Waals surface area contributed by atoms with Crippen molar-refractivity contribution in [3.8, 4) is 5.75 Å². The fourth-order valence-electron chi connectivity index (χ4n) is 9.12. The third-order valence-corrected chi connectivity index (χ3v) is 14.5. The number of hydrogen-bond acceptors (Lipinski definition) is 13. The number of rotatable bonds is 15. The molecule has 2 aliphatic heterocycles. The molecule has 3 amide bonds. The van der Waals surface area contributed by atoms with Gasteiger partial charge in [0, 0.05) is 80.0 Å². The molecule has 66 heavy (non-hydrogen) atoms. The van der Waals surface area contributed by atoms with E-state index in [0.717, 1.165) is 65.9 Å². The normalized spacial score (nSPS) is 15.9. The van der Waals surface area contributed by atoms with E-state index in [0.29, 0.717) is 62.7 Å². The van der Waals surface area contributed by atoms with Crippen molar-refractivity contribution in [1.29, 1.82) is 0 Å². The number of halogens is 1. The van der Waals surface area contributed by atoms with E-state index in [4.69, 9.17) is 9.72 Å². The molecule has 346 valence electrons. The summed E-state index contributed by atoms with van der Waals surface area (Å²) < 4.78 is 23.1. The molecule has 8 rings (SSSR count). The van der Waals surface area contributed by atoms with E-state index in [1.807, 2.05) is 37.3 Å². The van der Waals surface area contributed by atoms with Gasteiger partial charge in [-0.05, 0) is 103 Å². The number of fused-ring (bicyclic) bond motifs is 2. The van der Waals surface area contributed by atoms with Crippen LogP contribution in [0, 0.1) is 6.92 Å². The number of pyridine rings is 1. The molecule has 6 aromatic rings. The van der Waals surface area contributed by atoms with Gasteiger partial charge in [0.25, 0.3) is 0 Å². The SMILES string of the molecule is CCc1cc(Nc2ncc(Br)c(Nc3ccc4nc(C)ccc4c3P(C)(C)=O)n2)c(OC)cc1N1CCC(NCCNC(=O)Cc2cccc3c2n(C)c(=O)n3C2CCC(=O)NC2=O)CC1. The molecule has 0 spiro atoms. The van der Waals surface area contributed by atoms with Crippen LogP contribution in [-0.2, 0) is 38.8 Å². The molecule has 1 unspecified atom stereocenters. The molecule has 0 radical (unpaired) electrons. The standard InChI is InChI=1S/C47H55BrN11O6P/c1-7-28-23-35(54-46-51-26-32(48)44(56-46)53-34-14-13-33-31(12-11-27(2)52-33)43(34)66(5,6)64)39(65-4)25-38(28)58-21-17-30(18-22-58)49-19-20-50-41(61)24-29-9-8-10-36-42(29)57(3)47(63)59(36)37-15-16-40(60)55-45(37)62/h8-14,23,25-26,30,37,49H,7,15-22,24H2,1-6H3,(H,50,61)(H,55,60,62)(H2,51,53,54,56). The summed E-state index contributed by atoms with van der Waals surface area (Å²) in [6.45, 7) is 10.3. The zero-order valence-corrected chi connectivity index (χ0v) is 40.4. The summed E-state index contributed by atoms with van der Waals surface area (Å²) >= 11 is 3.60. The van der Waals surface area contributed by atoms with Crippen molar-refractivity contribution in [2.75, 3.05) is 62.2 Å². The molecule has 0 saturated carbocycles. The van der Waals surface area contributed by atoms with Gasteiger partial charge in [-0.1, -0.05) is 25.1 Å². The fourth-order valence-corrected chi connectivity index (χ4v) is 10.9. The van der Waals surface area contributed by atoms with Gasteiger partial charge in [-0.3, -0.25) is 33.8 Å². The van der Waals surface area contributed by atoms with E-state index in [-0.39, 0.29) is 42.8 Å². The zero-order valence-electron chi connectivity index (χ0n) is 38.0. The molecule has 3 aromatic heterocycles. The maximum absolute atomic E-state index is 13.6. The number of benzene rings is 3. The summed E-state index contributed by atoms with van der Waals surface area (Å²) in [5.41, 5.74) is 6.81. The average Bonchev–Trinajstić information content (AvgIpc) is 3.54. The number of para-hydroxylation sites is 1. The number of carbonyl (C=O) groups is 3. The molecule has 0 aliphatic carbocycles. The molecule has 0 bridgehead atoms. The fraction of sp³-hybridized carbons (Fsp3) is 0.383. The van der Waals surface area contributed by atoms with Gasteiger partial charge < -0.3 is 35.5 Å². The number of amides is 3. The minimum absolute atomic E-state index is 0.0717. The molecule has 2 aliphatic rings. The first kappa shape index (κ1) is 46.4. The minimum atomic E-state index is -2.74. The van der Waals surface area contributed by atoms with Crippen molar-refractivity contribution < 1.29 is 23.7 Å². The first-order valence-corrected chi connectivity index (χ1v) is 25.5. The highest BCUT2D eigenvalue weighted by molar-refractivity contribution is 9.10. The highest BCUT2D eigenvalue weighted by Gasteiger charge is 2.32. The largest absolute Gasteiger partial charge is 0.494 e. The van der Waals surface area contributed by atoms with Crippen LogP contribution in [0.25, 0.3) is 21.9 Å². The van der Waals surface area contributed by atoms with Crippen molar-refractivity contribution in [2.24, 2.45) is 7.05 Å². The number of imide groups is 1. The Labute approximate surface area is 391 Å². The lowest BCUT2D eigenvalue weighted by Crippen LogP contribution is -2.45. The number of anilines is 5. The van der Waals surface area contributed by atoms with Gasteiger partial charge in [0.1, 0.15) is 24.8 Å². The van der Waals surface area contributed by atoms with E-state index in [1.54, 1.807) is 45.8 Å². The lowest BCUT2D eigenvalue weighted by molar-refractivity contribution is -0.135. The van der Waals surface area contributed by atoms with E-state index in [2.05, 4.69) is 76.4 Å². The third kappa shape index (κ3) is 9.72. The number of piperidine rings is 2. The van der Waals surface area contributed by atoms with Gasteiger partial charge in [-0.15, -0.1) is 0 Å². The summed E-state index contributed by atoms with van der Waals surface area (Å²) in [6.07, 6.45) is 4.77. The van der Waals surface area contributed by atoms with Crippen LogP contribution in [0.5, 0.6) is 5.75 Å². The number of aromatic nitrogens is 5. The predicted molar refractivity (Wildman–Crippen MR) is 263 cm³/mol. The molecule has 19 heteroatoms. The Balaban J connectivity index is 0.866. The Morgan fingerprint density at radius 3 is 2.48 bits per heavy atom. The number of hydrogen-bond donors (Lipinski definition) is 5. The van der Waals surface area contributed by atoms with Crippen LogP contribution in [0.3, 0.4) is 0 Å². The first-order valence-electron chi connectivity index (χ1n) is 22.1. The van der Waals surface area contributed by atoms with E-state index in [1.165, 1.54) is 9.13 Å². The number of methoxy groups -OCH3 is 1. The Morgan fingerprint density at radius 1 is 0.970 bits per heavy atom. The van der Waals surface area contributed by atoms with Crippen molar-refractivity contribution in [2.45, 2.75) is 64.5 Å². The number of nitrogens with one attached hydrogen (secondary N) is 5. The van der Waals surface area contributed by atoms with E-state index in [9.17, 15) is 23.7 Å². The topological polar surface area (TPSA) is 206 Å². The number of ether oxygens (including phenoxy) is 1. The Bertz CT molecular complexity index is 2980. The van der Waals surface area contributed by atoms with E-state index >= 15 is 0 Å². The van der Waals surface area contributed by atoms with Crippen LogP contribution in [0.4, 0.5) is 28.8 Å². The van der Waals surface area contributed by atoms with Crippen molar-refractivity contribution in [1.82, 2.24) is 40.0 Å². The van der Waals surface area contributed by atoms with Crippen LogP contribution >= 0.6 is 23.1 Å². The Morgan fingerprint density at radius 2 is 1.76 bits per heavy atom. The van der Waals surface area contributed by atoms with Gasteiger partial charge >= 0.3 is 5.69 Å². The van der Waals surface area contributed by atoms with Crippen LogP contribution in [0.1, 0.15) is 55.5 Å². The second-order valence-electron chi connectivity index (χ2n) is 17.2. The van der Waals surface area contributed by atoms with Gasteiger partial charge in [0.2, 0.25) is 23.7 Å². The number of carbonyl (C=O) groups excluding carboxylic acids is 3. The highest BCUT2D eigenvalue weighted by Crippen LogP contribution is 2.42. The van der Waals surface area contributed by atoms with Crippen LogP contribution in [-0.4, -0.2) is 94.5 Å². The molecule has 1 atom stereocenters. The molecule has 3 aromatic carbocycles. The molecule has 5 heterocycles. The molecule has 2 saturated heterocycles. The number of imidazole rings is 1. The molecular weight excluding hydrogens is 925 g/mol. The molecular formula is C47H55BrN11O6P. The lowest BCUT2D eigenvalue weighted by atomic mass is 10.0.